The molecule has 2 rings (SSSR count). The van der Waals surface area contributed by atoms with Gasteiger partial charge in [0, 0.05) is 46.5 Å². The molecule has 0 N–H and O–H groups in total. The summed E-state index contributed by atoms with van der Waals surface area (Å²) < 4.78 is 10.6. The molecule has 1 aromatic carbocycles. The molecule has 108 valence electrons. The standard InChI is InChI=1S/C14H18N2O4/c1-15(2)12(17)9-6-7-11-10(8-9)14(19-4,20-5)13(18)16(11)3/h6-8H,1-5H3. The van der Waals surface area contributed by atoms with E-state index in [2.05, 4.69) is 0 Å². The number of amides is 2. The molecule has 20 heavy (non-hydrogen) atoms. The molecule has 0 aliphatic carbocycles. The minimum absolute atomic E-state index is 0.143. The van der Waals surface area contributed by atoms with Crippen molar-refractivity contribution in [2.24, 2.45) is 0 Å². The number of hydrogen-bond acceptors (Lipinski definition) is 4. The van der Waals surface area contributed by atoms with Crippen molar-refractivity contribution in [3.63, 3.8) is 0 Å². The maximum atomic E-state index is 12.3. The average molecular weight is 278 g/mol. The molecule has 2 amide bonds. The quantitative estimate of drug-likeness (QED) is 0.768. The second-order valence-corrected chi connectivity index (χ2v) is 4.82. The first-order valence-electron chi connectivity index (χ1n) is 6.13. The highest BCUT2D eigenvalue weighted by atomic mass is 16.7. The van der Waals surface area contributed by atoms with Gasteiger partial charge in [-0.25, -0.2) is 0 Å². The van der Waals surface area contributed by atoms with E-state index in [-0.39, 0.29) is 11.8 Å². The Morgan fingerprint density at radius 2 is 1.85 bits per heavy atom. The van der Waals surface area contributed by atoms with Crippen LogP contribution < -0.4 is 4.90 Å². The highest BCUT2D eigenvalue weighted by Gasteiger charge is 2.51. The first-order chi connectivity index (χ1) is 9.39. The second kappa shape index (κ2) is 4.88. The van der Waals surface area contributed by atoms with Gasteiger partial charge in [0.1, 0.15) is 0 Å². The van der Waals surface area contributed by atoms with Gasteiger partial charge in [-0.05, 0) is 18.2 Å². The third-order valence-corrected chi connectivity index (χ3v) is 3.53. The Labute approximate surface area is 117 Å². The number of ether oxygens (including phenoxy) is 2. The van der Waals surface area contributed by atoms with Crippen LogP contribution in [0.25, 0.3) is 0 Å². The number of rotatable bonds is 3. The number of anilines is 1. The van der Waals surface area contributed by atoms with Crippen LogP contribution in [-0.4, -0.2) is 52.1 Å². The number of hydrogen-bond donors (Lipinski definition) is 0. The molecule has 1 aliphatic heterocycles. The molecule has 6 nitrogen and oxygen atoms in total. The van der Waals surface area contributed by atoms with Crippen molar-refractivity contribution in [2.45, 2.75) is 5.79 Å². The smallest absolute Gasteiger partial charge is 0.292 e. The molecule has 0 radical (unpaired) electrons. The van der Waals surface area contributed by atoms with Gasteiger partial charge in [-0.1, -0.05) is 0 Å². The zero-order valence-corrected chi connectivity index (χ0v) is 12.3. The minimum Gasteiger partial charge on any atom is -0.345 e. The van der Waals surface area contributed by atoms with Gasteiger partial charge in [-0.3, -0.25) is 9.59 Å². The lowest BCUT2D eigenvalue weighted by atomic mass is 10.0. The third-order valence-electron chi connectivity index (χ3n) is 3.53. The van der Waals surface area contributed by atoms with Crippen LogP contribution in [0, 0.1) is 0 Å². The lowest BCUT2D eigenvalue weighted by Crippen LogP contribution is -2.41. The number of fused-ring (bicyclic) bond motifs is 1. The van der Waals surface area contributed by atoms with Crippen molar-refractivity contribution in [1.82, 2.24) is 4.90 Å². The van der Waals surface area contributed by atoms with Crippen LogP contribution in [0.2, 0.25) is 0 Å². The van der Waals surface area contributed by atoms with Crippen LogP contribution in [0.4, 0.5) is 5.69 Å². The third kappa shape index (κ3) is 1.80. The fourth-order valence-corrected chi connectivity index (χ4v) is 2.41. The van der Waals surface area contributed by atoms with Crippen molar-refractivity contribution in [3.8, 4) is 0 Å². The van der Waals surface area contributed by atoms with Crippen molar-refractivity contribution in [1.29, 1.82) is 0 Å². The number of methoxy groups -OCH3 is 2. The zero-order chi connectivity index (χ0) is 15.1. The van der Waals surface area contributed by atoms with Crippen LogP contribution in [0.5, 0.6) is 0 Å². The molecule has 0 unspecified atom stereocenters. The summed E-state index contributed by atoms with van der Waals surface area (Å²) in [5.74, 6) is -1.94. The largest absolute Gasteiger partial charge is 0.345 e. The van der Waals surface area contributed by atoms with E-state index in [9.17, 15) is 9.59 Å². The van der Waals surface area contributed by atoms with Gasteiger partial charge in [0.2, 0.25) is 0 Å². The molecule has 0 fully saturated rings. The molecule has 0 bridgehead atoms. The molecule has 1 aromatic rings. The van der Waals surface area contributed by atoms with Gasteiger partial charge in [-0.2, -0.15) is 0 Å². The zero-order valence-electron chi connectivity index (χ0n) is 12.3. The van der Waals surface area contributed by atoms with Gasteiger partial charge in [0.15, 0.2) is 0 Å². The molecular formula is C14H18N2O4. The summed E-state index contributed by atoms with van der Waals surface area (Å²) in [6, 6.07) is 5.06. The fraction of sp³-hybridized carbons (Fsp3) is 0.429. The molecule has 0 saturated heterocycles. The first-order valence-corrected chi connectivity index (χ1v) is 6.13. The summed E-state index contributed by atoms with van der Waals surface area (Å²) in [5.41, 5.74) is 1.70. The molecule has 6 heteroatoms. The van der Waals surface area contributed by atoms with E-state index in [4.69, 9.17) is 9.47 Å². The van der Waals surface area contributed by atoms with Gasteiger partial charge >= 0.3 is 0 Å². The van der Waals surface area contributed by atoms with Crippen LogP contribution in [0.3, 0.4) is 0 Å². The SMILES string of the molecule is COC1(OC)C(=O)N(C)c2ccc(C(=O)N(C)C)cc21. The lowest BCUT2D eigenvalue weighted by molar-refractivity contribution is -0.208. The predicted molar refractivity (Wildman–Crippen MR) is 73.6 cm³/mol. The van der Waals surface area contributed by atoms with Crippen LogP contribution >= 0.6 is 0 Å². The predicted octanol–water partition coefficient (Wildman–Crippen LogP) is 0.810. The number of carbonyl (C=O) groups excluding carboxylic acids is 2. The maximum absolute atomic E-state index is 12.3. The maximum Gasteiger partial charge on any atom is 0.292 e. The van der Waals surface area contributed by atoms with Crippen LogP contribution in [0.15, 0.2) is 18.2 Å². The first kappa shape index (κ1) is 14.5. The van der Waals surface area contributed by atoms with Crippen molar-refractivity contribution in [3.05, 3.63) is 29.3 Å². The topological polar surface area (TPSA) is 59.1 Å². The monoisotopic (exact) mass is 278 g/mol. The van der Waals surface area contributed by atoms with Gasteiger partial charge < -0.3 is 19.3 Å². The van der Waals surface area contributed by atoms with Crippen molar-refractivity contribution < 1.29 is 19.1 Å². The summed E-state index contributed by atoms with van der Waals surface area (Å²) in [6.45, 7) is 0. The van der Waals surface area contributed by atoms with E-state index < -0.39 is 5.79 Å². The normalized spacial score (nSPS) is 16.2. The van der Waals surface area contributed by atoms with Crippen LogP contribution in [-0.2, 0) is 20.1 Å². The molecule has 0 atom stereocenters. The Hall–Kier alpha value is -1.92. The van der Waals surface area contributed by atoms with Crippen molar-refractivity contribution in [2.75, 3.05) is 40.3 Å². The number of carbonyl (C=O) groups is 2. The summed E-state index contributed by atoms with van der Waals surface area (Å²) >= 11 is 0. The minimum atomic E-state index is -1.48. The molecular weight excluding hydrogens is 260 g/mol. The van der Waals surface area contributed by atoms with Gasteiger partial charge in [-0.15, -0.1) is 0 Å². The Morgan fingerprint density at radius 1 is 1.25 bits per heavy atom. The van der Waals surface area contributed by atoms with E-state index in [0.29, 0.717) is 16.8 Å². The summed E-state index contributed by atoms with van der Waals surface area (Å²) in [5, 5.41) is 0. The Kier molecular flexibility index (Phi) is 3.54. The fourth-order valence-electron chi connectivity index (χ4n) is 2.41. The summed E-state index contributed by atoms with van der Waals surface area (Å²) in [6.07, 6.45) is 0. The highest BCUT2D eigenvalue weighted by molar-refractivity contribution is 6.07. The lowest BCUT2D eigenvalue weighted by Gasteiger charge is -2.24. The van der Waals surface area contributed by atoms with E-state index in [1.807, 2.05) is 0 Å². The Bertz CT molecular complexity index is 564. The molecule has 0 saturated carbocycles. The highest BCUT2D eigenvalue weighted by Crippen LogP contribution is 2.42. The average Bonchev–Trinajstić information content (AvgIpc) is 2.67. The Balaban J connectivity index is 2.61. The second-order valence-electron chi connectivity index (χ2n) is 4.82. The Morgan fingerprint density at radius 3 is 2.35 bits per heavy atom. The van der Waals surface area contributed by atoms with Crippen molar-refractivity contribution >= 4 is 17.5 Å². The summed E-state index contributed by atoms with van der Waals surface area (Å²) in [4.78, 5) is 27.3. The molecule has 0 spiro atoms. The molecule has 1 heterocycles. The number of likely N-dealkylation sites (N-methyl/N-ethyl adjacent to an activating group) is 1. The van der Waals surface area contributed by atoms with E-state index in [0.717, 1.165) is 0 Å². The number of nitrogens with zero attached hydrogens (tertiary/aromatic N) is 2. The molecule has 0 aromatic heterocycles. The van der Waals surface area contributed by atoms with E-state index in [1.54, 1.807) is 39.3 Å². The van der Waals surface area contributed by atoms with E-state index in [1.165, 1.54) is 24.0 Å². The van der Waals surface area contributed by atoms with E-state index >= 15 is 0 Å². The molecule has 1 aliphatic rings. The number of benzene rings is 1. The van der Waals surface area contributed by atoms with Gasteiger partial charge in [0.05, 0.1) is 5.69 Å². The summed E-state index contributed by atoms with van der Waals surface area (Å²) in [7, 11) is 7.81. The van der Waals surface area contributed by atoms with Crippen LogP contribution in [0.1, 0.15) is 15.9 Å². The van der Waals surface area contributed by atoms with Gasteiger partial charge in [0.25, 0.3) is 17.6 Å².